The van der Waals surface area contributed by atoms with Crippen molar-refractivity contribution in [3.05, 3.63) is 71.5 Å². The molecule has 164 valence electrons. The van der Waals surface area contributed by atoms with Gasteiger partial charge in [0.15, 0.2) is 6.10 Å². The van der Waals surface area contributed by atoms with Crippen LogP contribution in [0.3, 0.4) is 0 Å². The van der Waals surface area contributed by atoms with Crippen LogP contribution in [0.15, 0.2) is 54.6 Å². The van der Waals surface area contributed by atoms with Crippen molar-refractivity contribution < 1.29 is 23.5 Å². The maximum Gasteiger partial charge on any atom is 0.309 e. The second kappa shape index (κ2) is 10.2. The largest absolute Gasteiger partial charge is 0.452 e. The van der Waals surface area contributed by atoms with Crippen LogP contribution in [-0.2, 0) is 20.9 Å². The average Bonchev–Trinajstić information content (AvgIpc) is 2.79. The zero-order valence-corrected chi connectivity index (χ0v) is 17.8. The molecule has 0 N–H and O–H groups in total. The number of nitrogens with zero attached hydrogens (tertiary/aromatic N) is 2. The minimum Gasteiger partial charge on any atom is -0.452 e. The zero-order chi connectivity index (χ0) is 22.4. The lowest BCUT2D eigenvalue weighted by Gasteiger charge is -2.31. The highest BCUT2D eigenvalue weighted by molar-refractivity contribution is 5.94. The summed E-state index contributed by atoms with van der Waals surface area (Å²) >= 11 is 0. The number of carbonyl (C=O) groups is 3. The third kappa shape index (κ3) is 5.90. The molecule has 1 atom stereocenters. The normalized spacial score (nSPS) is 15.3. The fourth-order valence-corrected chi connectivity index (χ4v) is 3.66. The lowest BCUT2D eigenvalue weighted by molar-refractivity contribution is -0.163. The SMILES string of the molecule is CC(OC(=O)C1CCN(C(=O)c2ccc(F)cc2)CC1)C(=O)N(C)Cc1ccccc1. The first-order valence-electron chi connectivity index (χ1n) is 10.4. The van der Waals surface area contributed by atoms with Crippen LogP contribution in [0.1, 0.15) is 35.7 Å². The Balaban J connectivity index is 1.47. The van der Waals surface area contributed by atoms with Crippen molar-refractivity contribution >= 4 is 17.8 Å². The summed E-state index contributed by atoms with van der Waals surface area (Å²) in [6.45, 7) is 2.83. The monoisotopic (exact) mass is 426 g/mol. The second-order valence-electron chi connectivity index (χ2n) is 7.83. The molecule has 2 aromatic carbocycles. The molecule has 3 rings (SSSR count). The molecule has 0 bridgehead atoms. The van der Waals surface area contributed by atoms with Gasteiger partial charge in [-0.3, -0.25) is 14.4 Å². The van der Waals surface area contributed by atoms with E-state index in [1.165, 1.54) is 29.2 Å². The van der Waals surface area contributed by atoms with E-state index in [1.54, 1.807) is 18.9 Å². The molecule has 1 heterocycles. The van der Waals surface area contributed by atoms with Crippen LogP contribution in [-0.4, -0.2) is 53.8 Å². The van der Waals surface area contributed by atoms with Crippen molar-refractivity contribution in [1.82, 2.24) is 9.80 Å². The summed E-state index contributed by atoms with van der Waals surface area (Å²) in [4.78, 5) is 40.8. The molecule has 1 aliphatic heterocycles. The number of rotatable bonds is 6. The van der Waals surface area contributed by atoms with Crippen LogP contribution in [0, 0.1) is 11.7 Å². The fourth-order valence-electron chi connectivity index (χ4n) is 3.66. The fraction of sp³-hybridized carbons (Fsp3) is 0.375. The predicted octanol–water partition coefficient (Wildman–Crippen LogP) is 3.27. The molecule has 0 aliphatic carbocycles. The smallest absolute Gasteiger partial charge is 0.309 e. The molecule has 1 aliphatic rings. The highest BCUT2D eigenvalue weighted by Gasteiger charge is 2.31. The topological polar surface area (TPSA) is 66.9 Å². The van der Waals surface area contributed by atoms with Crippen molar-refractivity contribution in [2.75, 3.05) is 20.1 Å². The van der Waals surface area contributed by atoms with Gasteiger partial charge in [-0.1, -0.05) is 30.3 Å². The summed E-state index contributed by atoms with van der Waals surface area (Å²) < 4.78 is 18.5. The molecule has 31 heavy (non-hydrogen) atoms. The van der Waals surface area contributed by atoms with Crippen molar-refractivity contribution in [2.45, 2.75) is 32.4 Å². The summed E-state index contributed by atoms with van der Waals surface area (Å²) in [5.74, 6) is -1.61. The van der Waals surface area contributed by atoms with Crippen LogP contribution in [0.4, 0.5) is 4.39 Å². The first-order chi connectivity index (χ1) is 14.8. The van der Waals surface area contributed by atoms with Gasteiger partial charge < -0.3 is 14.5 Å². The Morgan fingerprint density at radius 2 is 1.68 bits per heavy atom. The molecule has 0 spiro atoms. The summed E-state index contributed by atoms with van der Waals surface area (Å²) in [5.41, 5.74) is 1.41. The lowest BCUT2D eigenvalue weighted by Crippen LogP contribution is -2.42. The molecule has 6 nitrogen and oxygen atoms in total. The molecule has 1 unspecified atom stereocenters. The summed E-state index contributed by atoms with van der Waals surface area (Å²) in [5, 5.41) is 0. The van der Waals surface area contributed by atoms with E-state index in [-0.39, 0.29) is 17.7 Å². The summed E-state index contributed by atoms with van der Waals surface area (Å²) in [6, 6.07) is 15.0. The molecule has 1 fully saturated rings. The molecular formula is C24H27FN2O4. The summed E-state index contributed by atoms with van der Waals surface area (Å²) in [7, 11) is 1.68. The van der Waals surface area contributed by atoms with Crippen molar-refractivity contribution in [3.63, 3.8) is 0 Å². The van der Waals surface area contributed by atoms with Crippen LogP contribution >= 0.6 is 0 Å². The van der Waals surface area contributed by atoms with Crippen molar-refractivity contribution in [2.24, 2.45) is 5.92 Å². The number of carbonyl (C=O) groups excluding carboxylic acids is 3. The van der Waals surface area contributed by atoms with E-state index in [1.807, 2.05) is 30.3 Å². The lowest BCUT2D eigenvalue weighted by atomic mass is 9.96. The summed E-state index contributed by atoms with van der Waals surface area (Å²) in [6.07, 6.45) is 0.0547. The third-order valence-electron chi connectivity index (χ3n) is 5.49. The minimum absolute atomic E-state index is 0.183. The van der Waals surface area contributed by atoms with E-state index < -0.39 is 17.9 Å². The quantitative estimate of drug-likeness (QED) is 0.665. The predicted molar refractivity (Wildman–Crippen MR) is 113 cm³/mol. The molecule has 7 heteroatoms. The van der Waals surface area contributed by atoms with Gasteiger partial charge >= 0.3 is 5.97 Å². The number of hydrogen-bond acceptors (Lipinski definition) is 4. The van der Waals surface area contributed by atoms with Gasteiger partial charge in [-0.2, -0.15) is 0 Å². The van der Waals surface area contributed by atoms with E-state index in [4.69, 9.17) is 4.74 Å². The van der Waals surface area contributed by atoms with Gasteiger partial charge in [0.25, 0.3) is 11.8 Å². The van der Waals surface area contributed by atoms with E-state index in [0.717, 1.165) is 5.56 Å². The molecule has 2 aromatic rings. The Morgan fingerprint density at radius 3 is 2.29 bits per heavy atom. The number of likely N-dealkylation sites (tertiary alicyclic amines) is 1. The van der Waals surface area contributed by atoms with Crippen LogP contribution in [0.25, 0.3) is 0 Å². The number of ether oxygens (including phenoxy) is 1. The van der Waals surface area contributed by atoms with Crippen LogP contribution in [0.2, 0.25) is 0 Å². The highest BCUT2D eigenvalue weighted by atomic mass is 19.1. The van der Waals surface area contributed by atoms with Gasteiger partial charge in [0.1, 0.15) is 5.82 Å². The first-order valence-corrected chi connectivity index (χ1v) is 10.4. The molecule has 0 aromatic heterocycles. The van der Waals surface area contributed by atoms with E-state index >= 15 is 0 Å². The Kier molecular flexibility index (Phi) is 7.39. The number of esters is 1. The Morgan fingerprint density at radius 1 is 1.06 bits per heavy atom. The van der Waals surface area contributed by atoms with Gasteiger partial charge in [-0.05, 0) is 49.6 Å². The zero-order valence-electron chi connectivity index (χ0n) is 17.8. The maximum absolute atomic E-state index is 13.0. The molecule has 0 radical (unpaired) electrons. The third-order valence-corrected chi connectivity index (χ3v) is 5.49. The number of halogens is 1. The Labute approximate surface area is 181 Å². The highest BCUT2D eigenvalue weighted by Crippen LogP contribution is 2.21. The van der Waals surface area contributed by atoms with E-state index in [2.05, 4.69) is 0 Å². The number of likely N-dealkylation sites (N-methyl/N-ethyl adjacent to an activating group) is 1. The van der Waals surface area contributed by atoms with E-state index in [9.17, 15) is 18.8 Å². The number of amides is 2. The van der Waals surface area contributed by atoms with Crippen LogP contribution in [0.5, 0.6) is 0 Å². The molecule has 1 saturated heterocycles. The molecule has 2 amide bonds. The van der Waals surface area contributed by atoms with E-state index in [0.29, 0.717) is 38.0 Å². The van der Waals surface area contributed by atoms with Gasteiger partial charge in [-0.15, -0.1) is 0 Å². The number of hydrogen-bond donors (Lipinski definition) is 0. The minimum atomic E-state index is -0.875. The maximum atomic E-state index is 13.0. The average molecular weight is 426 g/mol. The van der Waals surface area contributed by atoms with Gasteiger partial charge in [0.2, 0.25) is 0 Å². The second-order valence-corrected chi connectivity index (χ2v) is 7.83. The Bertz CT molecular complexity index is 909. The van der Waals surface area contributed by atoms with Gasteiger partial charge in [-0.25, -0.2) is 4.39 Å². The molecular weight excluding hydrogens is 399 g/mol. The first kappa shape index (κ1) is 22.5. The standard InChI is InChI=1S/C24H27FN2O4/c1-17(22(28)26(2)16-18-6-4-3-5-7-18)31-24(30)20-12-14-27(15-13-20)23(29)19-8-10-21(25)11-9-19/h3-11,17,20H,12-16H2,1-2H3. The van der Waals surface area contributed by atoms with Gasteiger partial charge in [0, 0.05) is 32.2 Å². The molecule has 0 saturated carbocycles. The van der Waals surface area contributed by atoms with Crippen LogP contribution < -0.4 is 0 Å². The number of piperidine rings is 1. The Hall–Kier alpha value is -3.22. The van der Waals surface area contributed by atoms with Crippen molar-refractivity contribution in [3.8, 4) is 0 Å². The number of benzene rings is 2. The van der Waals surface area contributed by atoms with Gasteiger partial charge in [0.05, 0.1) is 5.92 Å². The van der Waals surface area contributed by atoms with Crippen molar-refractivity contribution in [1.29, 1.82) is 0 Å².